The van der Waals surface area contributed by atoms with E-state index in [2.05, 4.69) is 198 Å². The Kier molecular flexibility index (Phi) is 7.15. The Labute approximate surface area is 346 Å². The summed E-state index contributed by atoms with van der Waals surface area (Å²) in [4.78, 5) is 2.49. The Morgan fingerprint density at radius 1 is 0.475 bits per heavy atom. The van der Waals surface area contributed by atoms with Gasteiger partial charge < -0.3 is 9.47 Å². The van der Waals surface area contributed by atoms with Gasteiger partial charge in [0.1, 0.15) is 0 Å². The van der Waals surface area contributed by atoms with Crippen LogP contribution in [0.1, 0.15) is 44.1 Å². The zero-order chi connectivity index (χ0) is 38.7. The summed E-state index contributed by atoms with van der Waals surface area (Å²) < 4.78 is 2.47. The van der Waals surface area contributed by atoms with E-state index in [4.69, 9.17) is 0 Å². The molecule has 1 aromatic heterocycles. The normalized spacial score (nSPS) is 23.8. The van der Waals surface area contributed by atoms with Crippen molar-refractivity contribution < 1.29 is 0 Å². The van der Waals surface area contributed by atoms with Crippen LogP contribution in [0.15, 0.2) is 188 Å². The second-order valence-corrected chi connectivity index (χ2v) is 18.4. The van der Waals surface area contributed by atoms with Crippen molar-refractivity contribution in [1.82, 2.24) is 4.57 Å². The van der Waals surface area contributed by atoms with E-state index in [1.807, 2.05) is 0 Å². The molecule has 2 nitrogen and oxygen atoms in total. The zero-order valence-corrected chi connectivity index (χ0v) is 33.3. The molecule has 0 aliphatic heterocycles. The fraction of sp³-hybridized carbons (Fsp3) is 0.193. The molecular weight excluding hydrogens is 713 g/mol. The second-order valence-electron chi connectivity index (χ2n) is 18.4. The molecule has 8 aromatic carbocycles. The molecule has 1 spiro atoms. The van der Waals surface area contributed by atoms with Crippen molar-refractivity contribution in [2.45, 2.75) is 43.9 Å². The van der Waals surface area contributed by atoms with Gasteiger partial charge in [-0.15, -0.1) is 0 Å². The fourth-order valence-corrected chi connectivity index (χ4v) is 13.3. The lowest BCUT2D eigenvalue weighted by atomic mass is 9.55. The van der Waals surface area contributed by atoms with Gasteiger partial charge in [-0.2, -0.15) is 0 Å². The van der Waals surface area contributed by atoms with Gasteiger partial charge in [-0.25, -0.2) is 0 Å². The first-order chi connectivity index (χ1) is 29.1. The van der Waals surface area contributed by atoms with Crippen molar-refractivity contribution in [3.63, 3.8) is 0 Å². The highest BCUT2D eigenvalue weighted by molar-refractivity contribution is 6.21. The van der Waals surface area contributed by atoms with Crippen molar-refractivity contribution in [2.75, 3.05) is 4.90 Å². The maximum atomic E-state index is 2.57. The fourth-order valence-electron chi connectivity index (χ4n) is 13.3. The molecular formula is C57H46N2. The van der Waals surface area contributed by atoms with Crippen LogP contribution in [0.25, 0.3) is 60.5 Å². The molecule has 5 atom stereocenters. The van der Waals surface area contributed by atoms with Crippen LogP contribution in [-0.4, -0.2) is 4.57 Å². The van der Waals surface area contributed by atoms with Crippen molar-refractivity contribution >= 4 is 49.6 Å². The van der Waals surface area contributed by atoms with Gasteiger partial charge >= 0.3 is 0 Å². The highest BCUT2D eigenvalue weighted by Crippen LogP contribution is 2.79. The SMILES string of the molecule is c1ccc(-c2ccc(N(c3ccc(-c4ccccc4-n4c5ccccc5c5c6ccccc6ccc54)cc3)c3cccc(C45C[C@@H]6CC7C[C@@H](C4)[C@@]7(C6)C5)c3)cc2)cc1. The van der Waals surface area contributed by atoms with Crippen LogP contribution in [0.5, 0.6) is 0 Å². The summed E-state index contributed by atoms with van der Waals surface area (Å²) >= 11 is 0. The maximum absolute atomic E-state index is 2.57. The Morgan fingerprint density at radius 2 is 1.19 bits per heavy atom. The molecule has 4 fully saturated rings. The standard InChI is InChI=1S/C57H46N2/c1-2-11-39(12-3-1)40-21-26-46(27-22-40)58(48-15-10-14-43(33-48)56-34-38-31-44-32-45(36-56)57(44,35-38)37-56)47-28-23-42(24-29-47)49-16-6-8-19-52(49)59-53-20-9-7-18-51(53)55-50-17-5-4-13-41(50)25-30-54(55)59/h1-30,33,38,44-45H,31-32,34-37H2/t38-,44?,45-,56?,57-/m0/s1. The van der Waals surface area contributed by atoms with Gasteiger partial charge in [0.15, 0.2) is 0 Å². The number of hydrogen-bond acceptors (Lipinski definition) is 1. The largest absolute Gasteiger partial charge is 0.310 e. The molecule has 2 unspecified atom stereocenters. The number of para-hydroxylation sites is 2. The molecule has 0 amide bonds. The van der Waals surface area contributed by atoms with Gasteiger partial charge in [-0.05, 0) is 155 Å². The van der Waals surface area contributed by atoms with Gasteiger partial charge in [0.05, 0.1) is 16.7 Å². The lowest BCUT2D eigenvalue weighted by molar-refractivity contribution is -0.000159. The first kappa shape index (κ1) is 33.6. The maximum Gasteiger partial charge on any atom is 0.0547 e. The van der Waals surface area contributed by atoms with Crippen LogP contribution in [0.2, 0.25) is 0 Å². The summed E-state index contributed by atoms with van der Waals surface area (Å²) in [6.07, 6.45) is 8.67. The van der Waals surface area contributed by atoms with Crippen LogP contribution in [-0.2, 0) is 5.41 Å². The average Bonchev–Trinajstić information content (AvgIpc) is 3.81. The second kappa shape index (κ2) is 12.6. The van der Waals surface area contributed by atoms with E-state index >= 15 is 0 Å². The van der Waals surface area contributed by atoms with Crippen molar-refractivity contribution in [1.29, 1.82) is 0 Å². The Bertz CT molecular complexity index is 3080. The van der Waals surface area contributed by atoms with Crippen LogP contribution < -0.4 is 4.90 Å². The number of anilines is 3. The predicted octanol–water partition coefficient (Wildman–Crippen LogP) is 15.2. The number of nitrogens with zero attached hydrogens (tertiary/aromatic N) is 2. The Morgan fingerprint density at radius 3 is 2.03 bits per heavy atom. The third kappa shape index (κ3) is 4.93. The Balaban J connectivity index is 0.924. The highest BCUT2D eigenvalue weighted by Gasteiger charge is 2.70. The number of fused-ring (bicyclic) bond motifs is 7. The summed E-state index contributed by atoms with van der Waals surface area (Å²) in [7, 11) is 0. The average molecular weight is 759 g/mol. The monoisotopic (exact) mass is 758 g/mol. The molecule has 4 aliphatic carbocycles. The van der Waals surface area contributed by atoms with Gasteiger partial charge in [0.2, 0.25) is 0 Å². The van der Waals surface area contributed by atoms with Gasteiger partial charge in [0.25, 0.3) is 0 Å². The summed E-state index contributed by atoms with van der Waals surface area (Å²) in [6.45, 7) is 0. The molecule has 2 heteroatoms. The molecule has 9 aromatic rings. The predicted molar refractivity (Wildman–Crippen MR) is 246 cm³/mol. The molecule has 1 heterocycles. The lowest BCUT2D eigenvalue weighted by Crippen LogP contribution is -2.42. The van der Waals surface area contributed by atoms with Crippen molar-refractivity contribution in [3.8, 4) is 27.9 Å². The topological polar surface area (TPSA) is 8.17 Å². The van der Waals surface area contributed by atoms with E-state index in [-0.39, 0.29) is 0 Å². The van der Waals surface area contributed by atoms with Gasteiger partial charge in [-0.1, -0.05) is 133 Å². The number of aromatic nitrogens is 1. The zero-order valence-electron chi connectivity index (χ0n) is 33.3. The van der Waals surface area contributed by atoms with E-state index in [1.54, 1.807) is 5.56 Å². The molecule has 0 radical (unpaired) electrons. The van der Waals surface area contributed by atoms with Crippen molar-refractivity contribution in [2.24, 2.45) is 23.2 Å². The molecule has 13 rings (SSSR count). The van der Waals surface area contributed by atoms with Crippen LogP contribution in [0.4, 0.5) is 17.1 Å². The number of benzene rings is 8. The van der Waals surface area contributed by atoms with Crippen LogP contribution >= 0.6 is 0 Å². The smallest absolute Gasteiger partial charge is 0.0547 e. The third-order valence-electron chi connectivity index (χ3n) is 15.6. The van der Waals surface area contributed by atoms with E-state index in [9.17, 15) is 0 Å². The molecule has 0 saturated heterocycles. The van der Waals surface area contributed by atoms with E-state index in [0.717, 1.165) is 17.8 Å². The number of rotatable bonds is 7. The Hall–Kier alpha value is -6.38. The summed E-state index contributed by atoms with van der Waals surface area (Å²) in [6, 6.07) is 70.1. The summed E-state index contributed by atoms with van der Waals surface area (Å²) in [5, 5.41) is 5.16. The first-order valence-corrected chi connectivity index (χ1v) is 21.8. The highest BCUT2D eigenvalue weighted by atomic mass is 15.1. The minimum atomic E-state index is 0.338. The van der Waals surface area contributed by atoms with Crippen LogP contribution in [0.3, 0.4) is 0 Å². The van der Waals surface area contributed by atoms with Crippen LogP contribution in [0, 0.1) is 23.2 Å². The summed E-state index contributed by atoms with van der Waals surface area (Å²) in [5.74, 6) is 2.87. The van der Waals surface area contributed by atoms with Gasteiger partial charge in [0, 0.05) is 33.4 Å². The minimum Gasteiger partial charge on any atom is -0.310 e. The van der Waals surface area contributed by atoms with E-state index in [0.29, 0.717) is 10.8 Å². The lowest BCUT2D eigenvalue weighted by Gasteiger charge is -2.49. The van der Waals surface area contributed by atoms with Crippen molar-refractivity contribution in [3.05, 3.63) is 194 Å². The molecule has 4 saturated carbocycles. The quantitative estimate of drug-likeness (QED) is 0.157. The molecule has 284 valence electrons. The first-order valence-electron chi connectivity index (χ1n) is 21.8. The molecule has 3 bridgehead atoms. The minimum absolute atomic E-state index is 0.338. The third-order valence-corrected chi connectivity index (χ3v) is 15.6. The summed E-state index contributed by atoms with van der Waals surface area (Å²) in [5.41, 5.74) is 14.7. The molecule has 4 aliphatic rings. The van der Waals surface area contributed by atoms with Gasteiger partial charge in [-0.3, -0.25) is 0 Å². The van der Waals surface area contributed by atoms with E-state index < -0.39 is 0 Å². The number of hydrogen-bond donors (Lipinski definition) is 0. The molecule has 0 N–H and O–H groups in total. The molecule has 59 heavy (non-hydrogen) atoms. The van der Waals surface area contributed by atoms with E-state index in [1.165, 1.54) is 116 Å².